The molecular weight excluding hydrogens is 184 g/mol. The lowest BCUT2D eigenvalue weighted by Gasteiger charge is -1.70. The van der Waals surface area contributed by atoms with Gasteiger partial charge < -0.3 is 20.4 Å². The van der Waals surface area contributed by atoms with Gasteiger partial charge in [-0.25, -0.2) is 0 Å². The average molecular weight is 202 g/mol. The van der Waals surface area contributed by atoms with Crippen molar-refractivity contribution >= 4 is 0 Å². The predicted molar refractivity (Wildman–Crippen MR) is 54.8 cm³/mol. The van der Waals surface area contributed by atoms with Crippen LogP contribution in [0.3, 0.4) is 0 Å². The summed E-state index contributed by atoms with van der Waals surface area (Å²) >= 11 is 0. The predicted octanol–water partition coefficient (Wildman–Crippen LogP) is -0.371. The maximum Gasteiger partial charge on any atom is 0.0662 e. The van der Waals surface area contributed by atoms with Crippen LogP contribution in [-0.4, -0.2) is 46.9 Å². The Bertz CT molecular complexity index is 121. The van der Waals surface area contributed by atoms with Crippen molar-refractivity contribution < 1.29 is 20.4 Å². The molecule has 0 aliphatic heterocycles. The van der Waals surface area contributed by atoms with Gasteiger partial charge in [-0.3, -0.25) is 0 Å². The molecule has 1 aromatic rings. The zero-order chi connectivity index (χ0) is 11.1. The Morgan fingerprint density at radius 3 is 0.643 bits per heavy atom. The van der Waals surface area contributed by atoms with Gasteiger partial charge in [0.1, 0.15) is 0 Å². The van der Waals surface area contributed by atoms with E-state index in [1.807, 2.05) is 36.4 Å². The highest BCUT2D eigenvalue weighted by atomic mass is 16.3. The van der Waals surface area contributed by atoms with E-state index in [2.05, 4.69) is 0 Å². The molecule has 14 heavy (non-hydrogen) atoms. The molecule has 1 aromatic carbocycles. The topological polar surface area (TPSA) is 80.9 Å². The minimum Gasteiger partial charge on any atom is -0.394 e. The van der Waals surface area contributed by atoms with Crippen LogP contribution in [0.15, 0.2) is 36.4 Å². The lowest BCUT2D eigenvalue weighted by Crippen LogP contribution is -1.85. The van der Waals surface area contributed by atoms with Crippen molar-refractivity contribution in [3.8, 4) is 0 Å². The van der Waals surface area contributed by atoms with Gasteiger partial charge in [-0.15, -0.1) is 0 Å². The van der Waals surface area contributed by atoms with E-state index in [0.29, 0.717) is 0 Å². The van der Waals surface area contributed by atoms with Gasteiger partial charge in [0.15, 0.2) is 0 Å². The number of rotatable bonds is 2. The Hall–Kier alpha value is -0.940. The van der Waals surface area contributed by atoms with Crippen LogP contribution in [0.2, 0.25) is 0 Å². The van der Waals surface area contributed by atoms with E-state index >= 15 is 0 Å². The Labute approximate surface area is 84.1 Å². The van der Waals surface area contributed by atoms with Crippen LogP contribution >= 0.6 is 0 Å². The van der Waals surface area contributed by atoms with E-state index in [9.17, 15) is 0 Å². The first-order valence-corrected chi connectivity index (χ1v) is 4.26. The van der Waals surface area contributed by atoms with E-state index in [-0.39, 0.29) is 26.4 Å². The maximum atomic E-state index is 7.62. The molecule has 4 nitrogen and oxygen atoms in total. The third kappa shape index (κ3) is 22.5. The molecule has 0 saturated carbocycles. The molecule has 1 rings (SSSR count). The second-order valence-corrected chi connectivity index (χ2v) is 2.05. The molecule has 0 spiro atoms. The van der Waals surface area contributed by atoms with Crippen LogP contribution in [-0.2, 0) is 0 Å². The number of hydrogen-bond acceptors (Lipinski definition) is 4. The smallest absolute Gasteiger partial charge is 0.0662 e. The van der Waals surface area contributed by atoms with E-state index < -0.39 is 0 Å². The first-order chi connectivity index (χ1) is 6.83. The quantitative estimate of drug-likeness (QED) is 0.527. The molecule has 0 heterocycles. The summed E-state index contributed by atoms with van der Waals surface area (Å²) in [5.74, 6) is 0. The van der Waals surface area contributed by atoms with Crippen LogP contribution in [0.1, 0.15) is 0 Å². The number of aliphatic hydroxyl groups is 4. The van der Waals surface area contributed by atoms with Gasteiger partial charge in [-0.05, 0) is 0 Å². The summed E-state index contributed by atoms with van der Waals surface area (Å²) in [7, 11) is 0. The molecule has 0 aliphatic carbocycles. The van der Waals surface area contributed by atoms with E-state index in [1.54, 1.807) is 0 Å². The third-order valence-corrected chi connectivity index (χ3v) is 0.867. The minimum atomic E-state index is -0.125. The second kappa shape index (κ2) is 18.0. The summed E-state index contributed by atoms with van der Waals surface area (Å²) < 4.78 is 0. The second-order valence-electron chi connectivity index (χ2n) is 2.05. The van der Waals surface area contributed by atoms with Gasteiger partial charge in [-0.1, -0.05) is 36.4 Å². The fraction of sp³-hybridized carbons (Fsp3) is 0.400. The van der Waals surface area contributed by atoms with Crippen molar-refractivity contribution in [2.24, 2.45) is 0 Å². The number of benzene rings is 1. The molecule has 4 N–H and O–H groups in total. The fourth-order valence-electron chi connectivity index (χ4n) is 0.385. The van der Waals surface area contributed by atoms with Crippen molar-refractivity contribution in [1.82, 2.24) is 0 Å². The molecule has 0 amide bonds. The zero-order valence-corrected chi connectivity index (χ0v) is 8.08. The standard InChI is InChI=1S/C6H6.2C2H6O2/c1-2-4-6-5-3-1;2*3-1-2-4/h1-6H;2*3-4H,1-2H2. The number of aliphatic hydroxyl groups excluding tert-OH is 4. The van der Waals surface area contributed by atoms with Gasteiger partial charge >= 0.3 is 0 Å². The number of hydrogen-bond donors (Lipinski definition) is 4. The molecular formula is C10H18O4. The Kier molecular flexibility index (Phi) is 19.9. The lowest BCUT2D eigenvalue weighted by atomic mass is 10.4. The van der Waals surface area contributed by atoms with Gasteiger partial charge in [-0.2, -0.15) is 0 Å². The summed E-state index contributed by atoms with van der Waals surface area (Å²) in [6, 6.07) is 12.0. The Morgan fingerprint density at radius 1 is 0.429 bits per heavy atom. The molecule has 0 aliphatic rings. The Morgan fingerprint density at radius 2 is 0.571 bits per heavy atom. The summed E-state index contributed by atoms with van der Waals surface area (Å²) in [5.41, 5.74) is 0. The lowest BCUT2D eigenvalue weighted by molar-refractivity contribution is 0.186. The first-order valence-electron chi connectivity index (χ1n) is 4.26. The molecule has 0 saturated heterocycles. The molecule has 0 radical (unpaired) electrons. The molecule has 0 bridgehead atoms. The van der Waals surface area contributed by atoms with Crippen LogP contribution < -0.4 is 0 Å². The van der Waals surface area contributed by atoms with Crippen molar-refractivity contribution in [2.45, 2.75) is 0 Å². The summed E-state index contributed by atoms with van der Waals surface area (Å²) in [4.78, 5) is 0. The summed E-state index contributed by atoms with van der Waals surface area (Å²) in [6.45, 7) is -0.500. The highest BCUT2D eigenvalue weighted by molar-refractivity contribution is 4.99. The van der Waals surface area contributed by atoms with E-state index in [0.717, 1.165) is 0 Å². The molecule has 82 valence electrons. The first kappa shape index (κ1) is 15.5. The third-order valence-electron chi connectivity index (χ3n) is 0.867. The maximum absolute atomic E-state index is 7.62. The van der Waals surface area contributed by atoms with Gasteiger partial charge in [0.2, 0.25) is 0 Å². The zero-order valence-electron chi connectivity index (χ0n) is 8.08. The van der Waals surface area contributed by atoms with Crippen LogP contribution in [0, 0.1) is 0 Å². The average Bonchev–Trinajstić information content (AvgIpc) is 2.32. The van der Waals surface area contributed by atoms with E-state index in [4.69, 9.17) is 20.4 Å². The van der Waals surface area contributed by atoms with Crippen LogP contribution in [0.25, 0.3) is 0 Å². The highest BCUT2D eigenvalue weighted by Gasteiger charge is 1.58. The molecule has 0 unspecified atom stereocenters. The van der Waals surface area contributed by atoms with Crippen LogP contribution in [0.5, 0.6) is 0 Å². The van der Waals surface area contributed by atoms with Crippen LogP contribution in [0.4, 0.5) is 0 Å². The van der Waals surface area contributed by atoms with Crippen molar-refractivity contribution in [1.29, 1.82) is 0 Å². The minimum absolute atomic E-state index is 0.125. The molecule has 0 aromatic heterocycles. The SMILES string of the molecule is OCCO.OCCO.c1ccccc1. The molecule has 0 fully saturated rings. The van der Waals surface area contributed by atoms with Gasteiger partial charge in [0.25, 0.3) is 0 Å². The normalized spacial score (nSPS) is 7.71. The summed E-state index contributed by atoms with van der Waals surface area (Å²) in [6.07, 6.45) is 0. The summed E-state index contributed by atoms with van der Waals surface area (Å²) in [5, 5.41) is 30.5. The van der Waals surface area contributed by atoms with Crippen molar-refractivity contribution in [3.63, 3.8) is 0 Å². The van der Waals surface area contributed by atoms with Gasteiger partial charge in [0, 0.05) is 0 Å². The highest BCUT2D eigenvalue weighted by Crippen LogP contribution is 1.79. The van der Waals surface area contributed by atoms with Gasteiger partial charge in [0.05, 0.1) is 26.4 Å². The van der Waals surface area contributed by atoms with E-state index in [1.165, 1.54) is 0 Å². The molecule has 0 atom stereocenters. The fourth-order valence-corrected chi connectivity index (χ4v) is 0.385. The van der Waals surface area contributed by atoms with Crippen molar-refractivity contribution in [3.05, 3.63) is 36.4 Å². The Balaban J connectivity index is 0. The largest absolute Gasteiger partial charge is 0.394 e. The van der Waals surface area contributed by atoms with Crippen molar-refractivity contribution in [2.75, 3.05) is 26.4 Å². The molecule has 4 heteroatoms. The monoisotopic (exact) mass is 202 g/mol.